The number of amides is 2. The number of rotatable bonds is 11. The largest absolute Gasteiger partial charge is 0.388 e. The molecule has 0 aromatic carbocycles. The number of aryl methyl sites for hydroxylation is 2. The number of hydrogen-bond donors (Lipinski definition) is 4. The minimum absolute atomic E-state index is 0.00716. The molecule has 2 rings (SSSR count). The van der Waals surface area contributed by atoms with Crippen LogP contribution in [0.25, 0.3) is 0 Å². The summed E-state index contributed by atoms with van der Waals surface area (Å²) in [6.45, 7) is 1.52. The molecule has 0 aliphatic rings. The first kappa shape index (κ1) is 23.6. The van der Waals surface area contributed by atoms with Crippen LogP contribution in [0.2, 0.25) is 0 Å². The first-order valence-corrected chi connectivity index (χ1v) is 10.5. The van der Waals surface area contributed by atoms with E-state index in [0.717, 1.165) is 5.69 Å². The van der Waals surface area contributed by atoms with Crippen LogP contribution in [0.4, 0.5) is 11.4 Å². The van der Waals surface area contributed by atoms with E-state index in [1.165, 1.54) is 0 Å². The minimum Gasteiger partial charge on any atom is -0.388 e. The van der Waals surface area contributed by atoms with Crippen LogP contribution in [0.1, 0.15) is 27.4 Å². The van der Waals surface area contributed by atoms with Gasteiger partial charge in [0.05, 0.1) is 17.2 Å². The fraction of sp³-hybridized carbons (Fsp3) is 0.421. The normalized spacial score (nSPS) is 10.7. The number of aromatic nitrogens is 2. The van der Waals surface area contributed by atoms with Crippen LogP contribution in [0.15, 0.2) is 24.5 Å². The van der Waals surface area contributed by atoms with Crippen molar-refractivity contribution in [3.8, 4) is 0 Å². The Morgan fingerprint density at radius 3 is 2.27 bits per heavy atom. The molecule has 0 radical (unpaired) electrons. The van der Waals surface area contributed by atoms with Crippen molar-refractivity contribution < 1.29 is 9.59 Å². The summed E-state index contributed by atoms with van der Waals surface area (Å²) in [5, 5.41) is 12.7. The summed E-state index contributed by atoms with van der Waals surface area (Å²) in [5.74, 6) is 0.309. The number of nitrogens with zero attached hydrogens (tertiary/aromatic N) is 3. The van der Waals surface area contributed by atoms with E-state index < -0.39 is 0 Å². The van der Waals surface area contributed by atoms with Crippen molar-refractivity contribution in [3.05, 3.63) is 35.9 Å². The second-order valence-corrected chi connectivity index (χ2v) is 7.53. The maximum Gasteiger partial charge on any atom is 0.272 e. The SMILES string of the molecule is Cn1cc(NC(=O)c2cc(N(CCCl)CCCl)cn2C)cc1C(=O)NCCC(=N)N. The molecule has 0 unspecified atom stereocenters. The summed E-state index contributed by atoms with van der Waals surface area (Å²) < 4.78 is 3.36. The lowest BCUT2D eigenvalue weighted by atomic mass is 10.3. The second kappa shape index (κ2) is 10.9. The average molecular weight is 456 g/mol. The highest BCUT2D eigenvalue weighted by Crippen LogP contribution is 2.20. The Balaban J connectivity index is 2.09. The van der Waals surface area contributed by atoms with E-state index in [2.05, 4.69) is 10.6 Å². The number of alkyl halides is 2. The molecule has 2 aromatic rings. The minimum atomic E-state index is -0.307. The summed E-state index contributed by atoms with van der Waals surface area (Å²) in [5.41, 5.74) is 7.51. The van der Waals surface area contributed by atoms with E-state index in [1.54, 1.807) is 41.6 Å². The molecular formula is C19H27Cl2N7O2. The molecular weight excluding hydrogens is 429 g/mol. The predicted molar refractivity (Wildman–Crippen MR) is 121 cm³/mol. The first-order valence-electron chi connectivity index (χ1n) is 9.38. The molecule has 164 valence electrons. The third kappa shape index (κ3) is 6.17. The van der Waals surface area contributed by atoms with Gasteiger partial charge in [-0.3, -0.25) is 15.0 Å². The fourth-order valence-corrected chi connectivity index (χ4v) is 3.38. The molecule has 0 aliphatic heterocycles. The summed E-state index contributed by atoms with van der Waals surface area (Å²) >= 11 is 11.7. The van der Waals surface area contributed by atoms with Crippen molar-refractivity contribution in [2.45, 2.75) is 6.42 Å². The van der Waals surface area contributed by atoms with Gasteiger partial charge in [0.2, 0.25) is 0 Å². The van der Waals surface area contributed by atoms with Gasteiger partial charge in [-0.15, -0.1) is 23.2 Å². The standard InChI is InChI=1S/C19H27Cl2N7O2/c1-26-11-13(9-15(26)18(29)24-6-3-17(22)23)25-19(30)16-10-14(12-27(16)2)28(7-4-20)8-5-21/h9-12H,3-8H2,1-2H3,(H3,22,23)(H,24,29)(H,25,30). The molecule has 9 nitrogen and oxygen atoms in total. The van der Waals surface area contributed by atoms with Crippen molar-refractivity contribution >= 4 is 52.2 Å². The summed E-state index contributed by atoms with van der Waals surface area (Å²) in [6, 6.07) is 3.38. The molecule has 0 bridgehead atoms. The van der Waals surface area contributed by atoms with E-state index in [4.69, 9.17) is 34.3 Å². The molecule has 0 aliphatic carbocycles. The Kier molecular flexibility index (Phi) is 8.61. The van der Waals surface area contributed by atoms with Gasteiger partial charge in [0.15, 0.2) is 0 Å². The van der Waals surface area contributed by atoms with E-state index in [-0.39, 0.29) is 30.6 Å². The molecule has 30 heavy (non-hydrogen) atoms. The number of nitrogens with one attached hydrogen (secondary N) is 3. The van der Waals surface area contributed by atoms with Gasteiger partial charge in [-0.05, 0) is 12.1 Å². The van der Waals surface area contributed by atoms with Crippen LogP contribution < -0.4 is 21.3 Å². The van der Waals surface area contributed by atoms with Crippen molar-refractivity contribution in [1.29, 1.82) is 5.41 Å². The van der Waals surface area contributed by atoms with Crippen LogP contribution in [0.3, 0.4) is 0 Å². The number of anilines is 2. The van der Waals surface area contributed by atoms with Crippen LogP contribution in [-0.2, 0) is 14.1 Å². The Morgan fingerprint density at radius 2 is 1.67 bits per heavy atom. The topological polar surface area (TPSA) is 121 Å². The molecule has 5 N–H and O–H groups in total. The van der Waals surface area contributed by atoms with Gasteiger partial charge in [0, 0.05) is 64.3 Å². The van der Waals surface area contributed by atoms with Crippen LogP contribution >= 0.6 is 23.2 Å². The van der Waals surface area contributed by atoms with Crippen molar-refractivity contribution in [3.63, 3.8) is 0 Å². The summed E-state index contributed by atoms with van der Waals surface area (Å²) in [4.78, 5) is 27.1. The number of hydrogen-bond acceptors (Lipinski definition) is 4. The quantitative estimate of drug-likeness (QED) is 0.235. The molecule has 0 atom stereocenters. The molecule has 11 heteroatoms. The molecule has 0 spiro atoms. The number of amidine groups is 1. The van der Waals surface area contributed by atoms with Gasteiger partial charge in [-0.2, -0.15) is 0 Å². The highest BCUT2D eigenvalue weighted by molar-refractivity contribution is 6.18. The van der Waals surface area contributed by atoms with E-state index in [9.17, 15) is 9.59 Å². The zero-order valence-corrected chi connectivity index (χ0v) is 18.6. The lowest BCUT2D eigenvalue weighted by Gasteiger charge is -2.20. The van der Waals surface area contributed by atoms with Crippen molar-refractivity contribution in [2.24, 2.45) is 19.8 Å². The molecule has 2 aromatic heterocycles. The van der Waals surface area contributed by atoms with E-state index >= 15 is 0 Å². The maximum atomic E-state index is 12.8. The number of halogens is 2. The Labute approximate surface area is 185 Å². The molecule has 0 saturated heterocycles. The molecule has 2 amide bonds. The number of carbonyl (C=O) groups is 2. The van der Waals surface area contributed by atoms with E-state index in [0.29, 0.717) is 41.9 Å². The lowest BCUT2D eigenvalue weighted by molar-refractivity contribution is 0.0945. The number of carbonyl (C=O) groups excluding carboxylic acids is 2. The average Bonchev–Trinajstić information content (AvgIpc) is 3.23. The zero-order chi connectivity index (χ0) is 22.3. The zero-order valence-electron chi connectivity index (χ0n) is 17.0. The molecule has 2 heterocycles. The maximum absolute atomic E-state index is 12.8. The predicted octanol–water partition coefficient (Wildman–Crippen LogP) is 1.96. The summed E-state index contributed by atoms with van der Waals surface area (Å²) in [6.07, 6.45) is 3.79. The van der Waals surface area contributed by atoms with Gasteiger partial charge in [0.1, 0.15) is 11.4 Å². The van der Waals surface area contributed by atoms with Gasteiger partial charge in [-0.1, -0.05) is 0 Å². The molecule has 0 saturated carbocycles. The lowest BCUT2D eigenvalue weighted by Crippen LogP contribution is -2.28. The first-order chi connectivity index (χ1) is 14.3. The fourth-order valence-electron chi connectivity index (χ4n) is 2.97. The van der Waals surface area contributed by atoms with Gasteiger partial charge < -0.3 is 30.4 Å². The van der Waals surface area contributed by atoms with E-state index in [1.807, 2.05) is 11.1 Å². The number of nitrogens with two attached hydrogens (primary N) is 1. The Morgan fingerprint density at radius 1 is 1.07 bits per heavy atom. The Hall–Kier alpha value is -2.65. The van der Waals surface area contributed by atoms with Gasteiger partial charge >= 0.3 is 0 Å². The van der Waals surface area contributed by atoms with Crippen LogP contribution in [-0.4, -0.2) is 58.2 Å². The summed E-state index contributed by atoms with van der Waals surface area (Å²) in [7, 11) is 3.50. The monoisotopic (exact) mass is 455 g/mol. The molecule has 0 fully saturated rings. The Bertz CT molecular complexity index is 901. The van der Waals surface area contributed by atoms with Gasteiger partial charge in [-0.25, -0.2) is 0 Å². The highest BCUT2D eigenvalue weighted by Gasteiger charge is 2.18. The second-order valence-electron chi connectivity index (χ2n) is 6.77. The smallest absolute Gasteiger partial charge is 0.272 e. The third-order valence-corrected chi connectivity index (χ3v) is 4.81. The van der Waals surface area contributed by atoms with Crippen molar-refractivity contribution in [1.82, 2.24) is 14.5 Å². The van der Waals surface area contributed by atoms with Crippen LogP contribution in [0, 0.1) is 5.41 Å². The third-order valence-electron chi connectivity index (χ3n) is 4.47. The van der Waals surface area contributed by atoms with Crippen LogP contribution in [0.5, 0.6) is 0 Å². The van der Waals surface area contributed by atoms with Gasteiger partial charge in [0.25, 0.3) is 11.8 Å². The highest BCUT2D eigenvalue weighted by atomic mass is 35.5. The van der Waals surface area contributed by atoms with Crippen molar-refractivity contribution in [2.75, 3.05) is 41.6 Å².